The van der Waals surface area contributed by atoms with Crippen LogP contribution in [0.4, 0.5) is 0 Å². The predicted octanol–water partition coefficient (Wildman–Crippen LogP) is 5.43. The fourth-order valence-corrected chi connectivity index (χ4v) is 4.27. The Morgan fingerprint density at radius 1 is 1.06 bits per heavy atom. The van der Waals surface area contributed by atoms with Gasteiger partial charge in [-0.2, -0.15) is 5.26 Å². The molecule has 1 aromatic heterocycles. The normalized spacial score (nSPS) is 10.7. The van der Waals surface area contributed by atoms with E-state index in [4.69, 9.17) is 15.0 Å². The van der Waals surface area contributed by atoms with Gasteiger partial charge in [-0.25, -0.2) is 9.78 Å². The molecule has 31 heavy (non-hydrogen) atoms. The first-order valence-corrected chi connectivity index (χ1v) is 11.0. The number of thioether (sulfide) groups is 1. The van der Waals surface area contributed by atoms with Gasteiger partial charge >= 0.3 is 5.97 Å². The number of imidazole rings is 1. The molecule has 3 aromatic carbocycles. The van der Waals surface area contributed by atoms with Gasteiger partial charge in [0.1, 0.15) is 0 Å². The summed E-state index contributed by atoms with van der Waals surface area (Å²) in [4.78, 5) is 17.0. The van der Waals surface area contributed by atoms with E-state index in [0.29, 0.717) is 24.3 Å². The van der Waals surface area contributed by atoms with Gasteiger partial charge in [-0.15, -0.1) is 0 Å². The summed E-state index contributed by atoms with van der Waals surface area (Å²) < 4.78 is 7.31. The highest BCUT2D eigenvalue weighted by Crippen LogP contribution is 2.28. The van der Waals surface area contributed by atoms with E-state index in [1.165, 1.54) is 5.56 Å². The number of carbonyl (C=O) groups is 1. The number of carbonyl (C=O) groups excluding carboxylic acids is 1. The van der Waals surface area contributed by atoms with Crippen LogP contribution < -0.4 is 0 Å². The molecule has 0 bridgehead atoms. The second-order valence-corrected chi connectivity index (χ2v) is 7.93. The van der Waals surface area contributed by atoms with Gasteiger partial charge in [-0.1, -0.05) is 54.2 Å². The number of ether oxygens (including phenoxy) is 1. The van der Waals surface area contributed by atoms with E-state index in [1.54, 1.807) is 30.8 Å². The highest BCUT2D eigenvalue weighted by Gasteiger charge is 2.15. The zero-order chi connectivity index (χ0) is 21.6. The average molecular weight is 428 g/mol. The zero-order valence-electron chi connectivity index (χ0n) is 17.1. The number of nitriles is 1. The molecule has 0 saturated heterocycles. The lowest BCUT2D eigenvalue weighted by atomic mass is 10.2. The molecule has 4 aromatic rings. The number of esters is 1. The molecule has 1 heterocycles. The van der Waals surface area contributed by atoms with Crippen molar-refractivity contribution in [1.82, 2.24) is 9.55 Å². The summed E-state index contributed by atoms with van der Waals surface area (Å²) >= 11 is 1.64. The van der Waals surface area contributed by atoms with E-state index in [-0.39, 0.29) is 5.97 Å². The van der Waals surface area contributed by atoms with Gasteiger partial charge in [0, 0.05) is 5.75 Å². The first-order chi connectivity index (χ1) is 15.2. The molecule has 154 valence electrons. The Balaban J connectivity index is 1.67. The Hall–Kier alpha value is -3.56. The summed E-state index contributed by atoms with van der Waals surface area (Å²) in [6, 6.07) is 25.5. The van der Waals surface area contributed by atoms with E-state index in [9.17, 15) is 4.79 Å². The summed E-state index contributed by atoms with van der Waals surface area (Å²) in [7, 11) is 0. The Morgan fingerprint density at radius 3 is 2.55 bits per heavy atom. The van der Waals surface area contributed by atoms with Gasteiger partial charge in [0.15, 0.2) is 5.16 Å². The lowest BCUT2D eigenvalue weighted by Gasteiger charge is -2.09. The van der Waals surface area contributed by atoms with Crippen molar-refractivity contribution < 1.29 is 9.53 Å². The van der Waals surface area contributed by atoms with E-state index < -0.39 is 0 Å². The second-order valence-electron chi connectivity index (χ2n) is 6.99. The number of aromatic nitrogens is 2. The third-order valence-electron chi connectivity index (χ3n) is 4.86. The molecular formula is C25H21N3O2S. The van der Waals surface area contributed by atoms with Gasteiger partial charge in [-0.05, 0) is 48.4 Å². The molecule has 0 aliphatic carbocycles. The smallest absolute Gasteiger partial charge is 0.338 e. The summed E-state index contributed by atoms with van der Waals surface area (Å²) in [5, 5.41) is 9.87. The first-order valence-electron chi connectivity index (χ1n) is 10.0. The molecule has 0 spiro atoms. The summed E-state index contributed by atoms with van der Waals surface area (Å²) in [5.74, 6) is 0.392. The predicted molar refractivity (Wildman–Crippen MR) is 122 cm³/mol. The van der Waals surface area contributed by atoms with Gasteiger partial charge in [0.05, 0.1) is 41.4 Å². The number of rotatable bonds is 7. The molecule has 0 aliphatic heterocycles. The van der Waals surface area contributed by atoms with Crippen LogP contribution in [-0.4, -0.2) is 22.1 Å². The molecule has 0 fully saturated rings. The van der Waals surface area contributed by atoms with E-state index >= 15 is 0 Å². The first kappa shape index (κ1) is 20.7. The molecule has 5 nitrogen and oxygen atoms in total. The molecule has 0 N–H and O–H groups in total. The second kappa shape index (κ2) is 9.50. The Morgan fingerprint density at radius 2 is 1.84 bits per heavy atom. The Kier molecular flexibility index (Phi) is 6.34. The maximum atomic E-state index is 12.1. The number of nitrogens with zero attached hydrogens (tertiary/aromatic N) is 3. The maximum absolute atomic E-state index is 12.1. The van der Waals surface area contributed by atoms with Crippen LogP contribution in [0.2, 0.25) is 0 Å². The van der Waals surface area contributed by atoms with Crippen LogP contribution in [0.25, 0.3) is 11.0 Å². The quantitative estimate of drug-likeness (QED) is 0.291. The lowest BCUT2D eigenvalue weighted by Crippen LogP contribution is -2.04. The van der Waals surface area contributed by atoms with Crippen LogP contribution in [0.15, 0.2) is 78.0 Å². The van der Waals surface area contributed by atoms with Crippen LogP contribution in [0.1, 0.15) is 34.0 Å². The van der Waals surface area contributed by atoms with Crippen molar-refractivity contribution in [3.8, 4) is 6.07 Å². The molecule has 0 aliphatic rings. The minimum atomic E-state index is -0.339. The SMILES string of the molecule is CCOC(=O)c1ccc2c(c1)nc(SCc1ccc(C#N)cc1)n2Cc1ccccc1. The maximum Gasteiger partial charge on any atom is 0.338 e. The van der Waals surface area contributed by atoms with Crippen LogP contribution in [-0.2, 0) is 17.0 Å². The fourth-order valence-electron chi connectivity index (χ4n) is 3.30. The van der Waals surface area contributed by atoms with Gasteiger partial charge < -0.3 is 9.30 Å². The Labute approximate surface area is 185 Å². The average Bonchev–Trinajstić information content (AvgIpc) is 3.15. The van der Waals surface area contributed by atoms with Crippen molar-refractivity contribution >= 4 is 28.8 Å². The van der Waals surface area contributed by atoms with Gasteiger partial charge in [-0.3, -0.25) is 0 Å². The van der Waals surface area contributed by atoms with Crippen molar-refractivity contribution in [1.29, 1.82) is 5.26 Å². The lowest BCUT2D eigenvalue weighted by molar-refractivity contribution is 0.0526. The van der Waals surface area contributed by atoms with Crippen LogP contribution in [0.3, 0.4) is 0 Å². The summed E-state index contributed by atoms with van der Waals surface area (Å²) in [6.07, 6.45) is 0. The topological polar surface area (TPSA) is 67.9 Å². The molecule has 0 amide bonds. The van der Waals surface area contributed by atoms with E-state index in [2.05, 4.69) is 22.8 Å². The minimum absolute atomic E-state index is 0.338. The van der Waals surface area contributed by atoms with Gasteiger partial charge in [0.2, 0.25) is 0 Å². The van der Waals surface area contributed by atoms with Crippen molar-refractivity contribution in [3.05, 3.63) is 95.1 Å². The van der Waals surface area contributed by atoms with Crippen molar-refractivity contribution in [2.75, 3.05) is 6.61 Å². The number of hydrogen-bond donors (Lipinski definition) is 0. The molecule has 0 atom stereocenters. The van der Waals surface area contributed by atoms with Crippen molar-refractivity contribution in [3.63, 3.8) is 0 Å². The van der Waals surface area contributed by atoms with Crippen molar-refractivity contribution in [2.45, 2.75) is 24.4 Å². The van der Waals surface area contributed by atoms with Crippen LogP contribution in [0.5, 0.6) is 0 Å². The molecule has 0 saturated carbocycles. The summed E-state index contributed by atoms with van der Waals surface area (Å²) in [5.41, 5.74) is 5.19. The zero-order valence-corrected chi connectivity index (χ0v) is 17.9. The number of benzene rings is 3. The van der Waals surface area contributed by atoms with E-state index in [1.807, 2.05) is 48.5 Å². The third-order valence-corrected chi connectivity index (χ3v) is 5.91. The van der Waals surface area contributed by atoms with E-state index in [0.717, 1.165) is 27.5 Å². The third kappa shape index (κ3) is 4.79. The fraction of sp³-hybridized carbons (Fsp3) is 0.160. The molecule has 6 heteroatoms. The molecule has 0 radical (unpaired) electrons. The standard InChI is InChI=1S/C25H21N3O2S/c1-2-30-24(29)21-12-13-23-22(14-21)27-25(28(23)16-19-6-4-3-5-7-19)31-17-20-10-8-18(15-26)9-11-20/h3-14H,2,16-17H2,1H3. The van der Waals surface area contributed by atoms with Crippen molar-refractivity contribution in [2.24, 2.45) is 0 Å². The molecule has 0 unspecified atom stereocenters. The minimum Gasteiger partial charge on any atom is -0.462 e. The van der Waals surface area contributed by atoms with Crippen LogP contribution >= 0.6 is 11.8 Å². The molecule has 4 rings (SSSR count). The number of hydrogen-bond acceptors (Lipinski definition) is 5. The largest absolute Gasteiger partial charge is 0.462 e. The highest BCUT2D eigenvalue weighted by molar-refractivity contribution is 7.98. The highest BCUT2D eigenvalue weighted by atomic mass is 32.2. The monoisotopic (exact) mass is 427 g/mol. The van der Waals surface area contributed by atoms with Crippen LogP contribution in [0, 0.1) is 11.3 Å². The van der Waals surface area contributed by atoms with Gasteiger partial charge in [0.25, 0.3) is 0 Å². The summed E-state index contributed by atoms with van der Waals surface area (Å²) in [6.45, 7) is 2.82. The molecular weight excluding hydrogens is 406 g/mol. The Bertz CT molecular complexity index is 1240. The number of fused-ring (bicyclic) bond motifs is 1.